The number of piperidine rings is 1. The van der Waals surface area contributed by atoms with Crippen LogP contribution in [-0.4, -0.2) is 39.5 Å². The molecular weight excluding hydrogens is 484 g/mol. The Morgan fingerprint density at radius 3 is 2.14 bits per heavy atom. The van der Waals surface area contributed by atoms with Gasteiger partial charge in [-0.1, -0.05) is 12.1 Å². The molecule has 188 valence electrons. The van der Waals surface area contributed by atoms with Gasteiger partial charge in [-0.05, 0) is 93.0 Å². The summed E-state index contributed by atoms with van der Waals surface area (Å²) in [5.74, 6) is -0.688. The smallest absolute Gasteiger partial charge is 0.302 e. The second-order valence-corrected chi connectivity index (χ2v) is 9.18. The molecule has 8 heteroatoms. The van der Waals surface area contributed by atoms with Gasteiger partial charge in [0.15, 0.2) is 5.78 Å². The monoisotopic (exact) mass is 511 g/mol. The summed E-state index contributed by atoms with van der Waals surface area (Å²) in [4.78, 5) is 28.5. The molecule has 0 N–H and O–H groups in total. The predicted octanol–water partition coefficient (Wildman–Crippen LogP) is 5.40. The molecular formula is C28H28ClF2N3O2. The second-order valence-electron chi connectivity index (χ2n) is 9.18. The van der Waals surface area contributed by atoms with Crippen molar-refractivity contribution in [3.63, 3.8) is 0 Å². The van der Waals surface area contributed by atoms with Crippen LogP contribution in [0.1, 0.15) is 28.8 Å². The van der Waals surface area contributed by atoms with Gasteiger partial charge in [-0.3, -0.25) is 13.9 Å². The summed E-state index contributed by atoms with van der Waals surface area (Å²) >= 11 is 0. The molecule has 36 heavy (non-hydrogen) atoms. The van der Waals surface area contributed by atoms with Gasteiger partial charge in [0.2, 0.25) is 0 Å². The van der Waals surface area contributed by atoms with Crippen LogP contribution in [0, 0.1) is 24.5 Å². The molecule has 1 aliphatic rings. The average molecular weight is 512 g/mol. The lowest BCUT2D eigenvalue weighted by Crippen LogP contribution is -2.39. The zero-order valence-electron chi connectivity index (χ0n) is 20.0. The maximum atomic E-state index is 13.5. The predicted molar refractivity (Wildman–Crippen MR) is 139 cm³/mol. The molecule has 4 aromatic rings. The van der Waals surface area contributed by atoms with E-state index < -0.39 is 0 Å². The highest BCUT2D eigenvalue weighted by Crippen LogP contribution is 2.24. The van der Waals surface area contributed by atoms with Crippen LogP contribution in [0.15, 0.2) is 71.5 Å². The van der Waals surface area contributed by atoms with E-state index in [1.165, 1.54) is 24.3 Å². The Morgan fingerprint density at radius 1 is 0.889 bits per heavy atom. The molecule has 2 heterocycles. The number of fused-ring (bicyclic) bond motifs is 1. The number of hydrogen-bond donors (Lipinski definition) is 0. The van der Waals surface area contributed by atoms with Crippen molar-refractivity contribution in [3.05, 3.63) is 100.0 Å². The molecule has 0 aliphatic carbocycles. The van der Waals surface area contributed by atoms with E-state index in [1.807, 2.05) is 25.1 Å². The summed E-state index contributed by atoms with van der Waals surface area (Å²) in [6.07, 6.45) is 1.48. The van der Waals surface area contributed by atoms with Crippen LogP contribution in [0.4, 0.5) is 8.78 Å². The molecule has 0 unspecified atom stereocenters. The Hall–Kier alpha value is -3.29. The molecule has 1 fully saturated rings. The summed E-state index contributed by atoms with van der Waals surface area (Å²) in [5.41, 5.74) is 3.69. The van der Waals surface area contributed by atoms with Gasteiger partial charge in [-0.15, -0.1) is 12.4 Å². The van der Waals surface area contributed by atoms with Gasteiger partial charge in [0, 0.05) is 24.6 Å². The quantitative estimate of drug-likeness (QED) is 0.326. The lowest BCUT2D eigenvalue weighted by molar-refractivity contribution is 0.0837. The van der Waals surface area contributed by atoms with Crippen LogP contribution in [0.2, 0.25) is 0 Å². The molecule has 0 amide bonds. The minimum Gasteiger partial charge on any atom is -0.302 e. The van der Waals surface area contributed by atoms with Crippen LogP contribution < -0.4 is 5.69 Å². The first-order valence-electron chi connectivity index (χ1n) is 11.9. The van der Waals surface area contributed by atoms with Gasteiger partial charge in [0.05, 0.1) is 16.7 Å². The van der Waals surface area contributed by atoms with E-state index in [0.29, 0.717) is 24.3 Å². The highest BCUT2D eigenvalue weighted by molar-refractivity contribution is 5.97. The number of hydrogen-bond acceptors (Lipinski definition) is 3. The number of nitrogens with zero attached hydrogens (tertiary/aromatic N) is 3. The number of carbonyl (C=O) groups excluding carboxylic acids is 1. The van der Waals surface area contributed by atoms with Gasteiger partial charge < -0.3 is 4.90 Å². The Labute approximate surface area is 214 Å². The van der Waals surface area contributed by atoms with Crippen molar-refractivity contribution in [2.75, 3.05) is 19.6 Å². The molecule has 5 rings (SSSR count). The van der Waals surface area contributed by atoms with E-state index in [4.69, 9.17) is 0 Å². The minimum atomic E-state index is -0.345. The number of benzene rings is 3. The molecule has 0 spiro atoms. The van der Waals surface area contributed by atoms with Gasteiger partial charge in [0.1, 0.15) is 11.6 Å². The van der Waals surface area contributed by atoms with Crippen LogP contribution in [0.5, 0.6) is 0 Å². The number of imidazole rings is 1. The molecule has 5 nitrogen and oxygen atoms in total. The second kappa shape index (κ2) is 10.8. The fourth-order valence-electron chi connectivity index (χ4n) is 5.03. The number of aryl methyl sites for hydroxylation is 1. The molecule has 0 saturated carbocycles. The Kier molecular flexibility index (Phi) is 7.71. The van der Waals surface area contributed by atoms with Crippen LogP contribution in [0.25, 0.3) is 16.7 Å². The Balaban J connectivity index is 0.00000304. The van der Waals surface area contributed by atoms with Crippen LogP contribution >= 0.6 is 12.4 Å². The molecule has 1 saturated heterocycles. The topological polar surface area (TPSA) is 47.2 Å². The fourth-order valence-corrected chi connectivity index (χ4v) is 5.03. The van der Waals surface area contributed by atoms with Crippen molar-refractivity contribution in [3.8, 4) is 5.69 Å². The van der Waals surface area contributed by atoms with E-state index in [2.05, 4.69) is 4.90 Å². The fraction of sp³-hybridized carbons (Fsp3) is 0.286. The van der Waals surface area contributed by atoms with E-state index in [9.17, 15) is 18.4 Å². The first-order chi connectivity index (χ1) is 16.9. The highest BCUT2D eigenvalue weighted by atomic mass is 35.5. The molecule has 0 radical (unpaired) electrons. The van der Waals surface area contributed by atoms with E-state index >= 15 is 0 Å². The van der Waals surface area contributed by atoms with Crippen molar-refractivity contribution in [2.24, 2.45) is 5.92 Å². The first kappa shape index (κ1) is 25.8. The van der Waals surface area contributed by atoms with E-state index in [0.717, 1.165) is 42.5 Å². The van der Waals surface area contributed by atoms with Gasteiger partial charge in [0.25, 0.3) is 0 Å². The van der Waals surface area contributed by atoms with Gasteiger partial charge in [-0.2, -0.15) is 0 Å². The van der Waals surface area contributed by atoms with E-state index in [-0.39, 0.29) is 41.4 Å². The number of likely N-dealkylation sites (tertiary alicyclic amines) is 1. The lowest BCUT2D eigenvalue weighted by Gasteiger charge is -2.31. The molecule has 1 aromatic heterocycles. The maximum Gasteiger partial charge on any atom is 0.333 e. The SMILES string of the molecule is Cc1cccc2c1n(-c1ccc(F)cc1)c(=O)n2CCN1CCC(C(=O)c2ccc(F)cc2)CC1.Cl. The highest BCUT2D eigenvalue weighted by Gasteiger charge is 2.26. The summed E-state index contributed by atoms with van der Waals surface area (Å²) in [6.45, 7) is 4.70. The summed E-state index contributed by atoms with van der Waals surface area (Å²) in [7, 11) is 0. The summed E-state index contributed by atoms with van der Waals surface area (Å²) < 4.78 is 30.1. The number of carbonyl (C=O) groups is 1. The summed E-state index contributed by atoms with van der Waals surface area (Å²) in [6, 6.07) is 17.6. The van der Waals surface area contributed by atoms with Crippen molar-refractivity contribution in [1.82, 2.24) is 14.0 Å². The molecule has 3 aromatic carbocycles. The van der Waals surface area contributed by atoms with E-state index in [1.54, 1.807) is 33.4 Å². The summed E-state index contributed by atoms with van der Waals surface area (Å²) in [5, 5.41) is 0. The van der Waals surface area contributed by atoms with Crippen LogP contribution in [0.3, 0.4) is 0 Å². The first-order valence-corrected chi connectivity index (χ1v) is 11.9. The zero-order chi connectivity index (χ0) is 24.5. The zero-order valence-corrected chi connectivity index (χ0v) is 20.8. The third-order valence-corrected chi connectivity index (χ3v) is 6.96. The maximum absolute atomic E-state index is 13.5. The minimum absolute atomic E-state index is 0. The van der Waals surface area contributed by atoms with Gasteiger partial charge in [-0.25, -0.2) is 13.6 Å². The third-order valence-electron chi connectivity index (χ3n) is 6.96. The molecule has 0 atom stereocenters. The van der Waals surface area contributed by atoms with Crippen molar-refractivity contribution in [1.29, 1.82) is 0 Å². The van der Waals surface area contributed by atoms with Crippen molar-refractivity contribution in [2.45, 2.75) is 26.3 Å². The number of rotatable bonds is 6. The number of para-hydroxylation sites is 1. The number of Topliss-reactive ketones (excluding diaryl/α,β-unsaturated/α-hetero) is 1. The standard InChI is InChI=1S/C28H27F2N3O2.ClH/c1-19-3-2-4-25-26(19)33(24-11-9-23(30)10-12-24)28(35)32(25)18-17-31-15-13-21(14-16-31)27(34)20-5-7-22(29)8-6-20;/h2-12,21H,13-18H2,1H3;1H. The van der Waals surface area contributed by atoms with Crippen molar-refractivity contribution >= 4 is 29.2 Å². The molecule has 1 aliphatic heterocycles. The Bertz CT molecular complexity index is 1420. The largest absolute Gasteiger partial charge is 0.333 e. The van der Waals surface area contributed by atoms with Crippen LogP contribution in [-0.2, 0) is 6.54 Å². The number of halogens is 3. The lowest BCUT2D eigenvalue weighted by atomic mass is 9.89. The number of aromatic nitrogens is 2. The van der Waals surface area contributed by atoms with Crippen molar-refractivity contribution < 1.29 is 13.6 Å². The molecule has 0 bridgehead atoms. The third kappa shape index (κ3) is 4.99. The normalized spacial score (nSPS) is 14.6. The average Bonchev–Trinajstić information content (AvgIpc) is 3.16. The Morgan fingerprint density at radius 2 is 1.50 bits per heavy atom. The number of ketones is 1. The van der Waals surface area contributed by atoms with Gasteiger partial charge >= 0.3 is 5.69 Å².